The molecule has 3 aromatic rings. The molecule has 1 aliphatic rings. The predicted molar refractivity (Wildman–Crippen MR) is 91.7 cm³/mol. The zero-order valence-corrected chi connectivity index (χ0v) is 14.4. The number of carbonyl (C=O) groups excluding carboxylic acids is 1. The standard InChI is InChI=1S/C18H17N5O3/c1-10-7-11(2)23-18(19-10)20-15(21-23)16(24)22-9-13-6-4-3-5-12(13)8-14(22)17(25)26/h3-7,14H,8-9H2,1-2H3,(H,25,26)/t14-/m1/s1. The number of benzene rings is 1. The molecule has 0 saturated carbocycles. The van der Waals surface area contributed by atoms with Gasteiger partial charge in [-0.2, -0.15) is 4.98 Å². The van der Waals surface area contributed by atoms with Crippen molar-refractivity contribution in [1.82, 2.24) is 24.5 Å². The summed E-state index contributed by atoms with van der Waals surface area (Å²) in [4.78, 5) is 34.5. The van der Waals surface area contributed by atoms with Gasteiger partial charge < -0.3 is 10.0 Å². The van der Waals surface area contributed by atoms with E-state index in [1.807, 2.05) is 44.2 Å². The lowest BCUT2D eigenvalue weighted by atomic mass is 9.94. The summed E-state index contributed by atoms with van der Waals surface area (Å²) in [7, 11) is 0. The summed E-state index contributed by atoms with van der Waals surface area (Å²) in [5.74, 6) is -1.26. The first kappa shape index (κ1) is 16.2. The minimum atomic E-state index is -1.04. The largest absolute Gasteiger partial charge is 0.480 e. The van der Waals surface area contributed by atoms with Crippen LogP contribution in [0.5, 0.6) is 0 Å². The van der Waals surface area contributed by atoms with Crippen LogP contribution in [0.3, 0.4) is 0 Å². The number of carbonyl (C=O) groups is 2. The molecule has 1 N–H and O–H groups in total. The quantitative estimate of drug-likeness (QED) is 0.749. The van der Waals surface area contributed by atoms with E-state index in [0.717, 1.165) is 22.5 Å². The van der Waals surface area contributed by atoms with Gasteiger partial charge >= 0.3 is 5.97 Å². The van der Waals surface area contributed by atoms with Crippen LogP contribution in [0.15, 0.2) is 30.3 Å². The number of aliphatic carboxylic acids is 1. The maximum Gasteiger partial charge on any atom is 0.326 e. The van der Waals surface area contributed by atoms with Gasteiger partial charge in [0.25, 0.3) is 11.7 Å². The van der Waals surface area contributed by atoms with E-state index in [9.17, 15) is 14.7 Å². The van der Waals surface area contributed by atoms with Gasteiger partial charge in [-0.15, -0.1) is 5.10 Å². The molecule has 0 fully saturated rings. The maximum atomic E-state index is 13.0. The topological polar surface area (TPSA) is 101 Å². The molecular formula is C18H17N5O3. The lowest BCUT2D eigenvalue weighted by molar-refractivity contribution is -0.142. The number of aryl methyl sites for hydroxylation is 2. The number of fused-ring (bicyclic) bond motifs is 2. The number of amides is 1. The van der Waals surface area contributed by atoms with Gasteiger partial charge in [0.2, 0.25) is 5.82 Å². The van der Waals surface area contributed by atoms with Crippen molar-refractivity contribution in [3.8, 4) is 0 Å². The van der Waals surface area contributed by atoms with E-state index in [0.29, 0.717) is 5.78 Å². The lowest BCUT2D eigenvalue weighted by Gasteiger charge is -2.33. The second-order valence-corrected chi connectivity index (χ2v) is 6.45. The average molecular weight is 351 g/mol. The zero-order chi connectivity index (χ0) is 18.4. The van der Waals surface area contributed by atoms with Crippen molar-refractivity contribution in [3.63, 3.8) is 0 Å². The first-order valence-corrected chi connectivity index (χ1v) is 8.25. The van der Waals surface area contributed by atoms with Crippen LogP contribution < -0.4 is 0 Å². The maximum absolute atomic E-state index is 13.0. The van der Waals surface area contributed by atoms with Crippen LogP contribution in [0, 0.1) is 13.8 Å². The van der Waals surface area contributed by atoms with Crippen molar-refractivity contribution in [2.45, 2.75) is 32.9 Å². The number of aromatic nitrogens is 4. The van der Waals surface area contributed by atoms with E-state index >= 15 is 0 Å². The summed E-state index contributed by atoms with van der Waals surface area (Å²) in [6.45, 7) is 3.90. The van der Waals surface area contributed by atoms with Crippen LogP contribution in [0.2, 0.25) is 0 Å². The van der Waals surface area contributed by atoms with Gasteiger partial charge in [0.05, 0.1) is 0 Å². The first-order valence-electron chi connectivity index (χ1n) is 8.25. The van der Waals surface area contributed by atoms with Gasteiger partial charge in [-0.25, -0.2) is 14.3 Å². The molecule has 4 rings (SSSR count). The summed E-state index contributed by atoms with van der Waals surface area (Å²) in [5.41, 5.74) is 3.46. The van der Waals surface area contributed by atoms with Gasteiger partial charge in [0.15, 0.2) is 0 Å². The van der Waals surface area contributed by atoms with Crippen LogP contribution in [0.25, 0.3) is 5.78 Å². The Bertz CT molecular complexity index is 1040. The highest BCUT2D eigenvalue weighted by Crippen LogP contribution is 2.24. The number of hydrogen-bond acceptors (Lipinski definition) is 5. The Balaban J connectivity index is 1.74. The molecule has 3 heterocycles. The number of carboxylic acid groups (broad SMARTS) is 1. The monoisotopic (exact) mass is 351 g/mol. The number of rotatable bonds is 2. The van der Waals surface area contributed by atoms with Crippen molar-refractivity contribution < 1.29 is 14.7 Å². The second-order valence-electron chi connectivity index (χ2n) is 6.45. The van der Waals surface area contributed by atoms with E-state index in [2.05, 4.69) is 15.1 Å². The highest BCUT2D eigenvalue weighted by atomic mass is 16.4. The third kappa shape index (κ3) is 2.59. The van der Waals surface area contributed by atoms with Crippen LogP contribution in [0.1, 0.15) is 33.1 Å². The molecule has 132 valence electrons. The molecule has 1 aliphatic heterocycles. The van der Waals surface area contributed by atoms with Crippen LogP contribution in [0.4, 0.5) is 0 Å². The van der Waals surface area contributed by atoms with Crippen molar-refractivity contribution in [1.29, 1.82) is 0 Å². The number of nitrogens with zero attached hydrogens (tertiary/aromatic N) is 5. The predicted octanol–water partition coefficient (Wildman–Crippen LogP) is 1.39. The third-order valence-corrected chi connectivity index (χ3v) is 4.60. The molecule has 1 atom stereocenters. The molecule has 0 radical (unpaired) electrons. The first-order chi connectivity index (χ1) is 12.4. The summed E-state index contributed by atoms with van der Waals surface area (Å²) in [5, 5.41) is 13.8. The Morgan fingerprint density at radius 1 is 1.15 bits per heavy atom. The zero-order valence-electron chi connectivity index (χ0n) is 14.4. The van der Waals surface area contributed by atoms with Crippen LogP contribution in [-0.4, -0.2) is 47.5 Å². The minimum absolute atomic E-state index is 0.0446. The van der Waals surface area contributed by atoms with Gasteiger partial charge in [-0.3, -0.25) is 4.79 Å². The molecule has 0 aliphatic carbocycles. The fourth-order valence-electron chi connectivity index (χ4n) is 3.34. The van der Waals surface area contributed by atoms with E-state index < -0.39 is 17.9 Å². The Hall–Kier alpha value is -3.29. The van der Waals surface area contributed by atoms with Gasteiger partial charge in [0, 0.05) is 24.4 Å². The Morgan fingerprint density at radius 3 is 2.62 bits per heavy atom. The Kier molecular flexibility index (Phi) is 3.68. The minimum Gasteiger partial charge on any atom is -0.480 e. The normalized spacial score (nSPS) is 16.5. The molecule has 0 unspecified atom stereocenters. The average Bonchev–Trinajstić information content (AvgIpc) is 3.04. The van der Waals surface area contributed by atoms with Crippen LogP contribution >= 0.6 is 0 Å². The molecule has 8 nitrogen and oxygen atoms in total. The summed E-state index contributed by atoms with van der Waals surface area (Å²) in [6, 6.07) is 8.44. The van der Waals surface area contributed by atoms with Gasteiger partial charge in [0.1, 0.15) is 6.04 Å². The summed E-state index contributed by atoms with van der Waals surface area (Å²) >= 11 is 0. The van der Waals surface area contributed by atoms with Crippen LogP contribution in [-0.2, 0) is 17.8 Å². The fourth-order valence-corrected chi connectivity index (χ4v) is 3.34. The second kappa shape index (κ2) is 5.91. The van der Waals surface area contributed by atoms with E-state index in [4.69, 9.17) is 0 Å². The van der Waals surface area contributed by atoms with Crippen molar-refractivity contribution in [2.24, 2.45) is 0 Å². The molecule has 0 spiro atoms. The number of hydrogen-bond donors (Lipinski definition) is 1. The highest BCUT2D eigenvalue weighted by Gasteiger charge is 2.36. The molecule has 1 aromatic carbocycles. The van der Waals surface area contributed by atoms with E-state index in [-0.39, 0.29) is 18.8 Å². The Labute approximate surface area is 149 Å². The van der Waals surface area contributed by atoms with Crippen molar-refractivity contribution in [3.05, 3.63) is 58.7 Å². The molecular weight excluding hydrogens is 334 g/mol. The van der Waals surface area contributed by atoms with Gasteiger partial charge in [-0.05, 0) is 31.0 Å². The highest BCUT2D eigenvalue weighted by molar-refractivity contribution is 5.94. The molecule has 0 saturated heterocycles. The smallest absolute Gasteiger partial charge is 0.326 e. The van der Waals surface area contributed by atoms with E-state index in [1.54, 1.807) is 0 Å². The summed E-state index contributed by atoms with van der Waals surface area (Å²) < 4.78 is 1.49. The molecule has 26 heavy (non-hydrogen) atoms. The summed E-state index contributed by atoms with van der Waals surface area (Å²) in [6.07, 6.45) is 0.265. The van der Waals surface area contributed by atoms with Gasteiger partial charge in [-0.1, -0.05) is 24.3 Å². The molecule has 8 heteroatoms. The number of carboxylic acids is 1. The lowest BCUT2D eigenvalue weighted by Crippen LogP contribution is -2.49. The molecule has 2 aromatic heterocycles. The Morgan fingerprint density at radius 2 is 1.88 bits per heavy atom. The SMILES string of the molecule is Cc1cc(C)n2nc(C(=O)N3Cc4ccccc4C[C@@H]3C(=O)O)nc2n1. The van der Waals surface area contributed by atoms with Crippen molar-refractivity contribution in [2.75, 3.05) is 0 Å². The fraction of sp³-hybridized carbons (Fsp3) is 0.278. The molecule has 1 amide bonds. The van der Waals surface area contributed by atoms with Crippen molar-refractivity contribution >= 4 is 17.7 Å². The molecule has 0 bridgehead atoms. The third-order valence-electron chi connectivity index (χ3n) is 4.60. The van der Waals surface area contributed by atoms with E-state index in [1.165, 1.54) is 9.42 Å².